The van der Waals surface area contributed by atoms with E-state index in [2.05, 4.69) is 5.43 Å². The Hall–Kier alpha value is -3.61. The lowest BCUT2D eigenvalue weighted by Gasteiger charge is -2.38. The van der Waals surface area contributed by atoms with Crippen LogP contribution in [0.15, 0.2) is 60.7 Å². The number of anilines is 1. The summed E-state index contributed by atoms with van der Waals surface area (Å²) in [6.07, 6.45) is 6.88. The molecular formula is C26H27N3O4. The molecule has 0 aromatic heterocycles. The zero-order valence-corrected chi connectivity index (χ0v) is 18.6. The van der Waals surface area contributed by atoms with E-state index in [1.807, 2.05) is 41.3 Å². The van der Waals surface area contributed by atoms with Gasteiger partial charge in [0.05, 0.1) is 30.7 Å². The number of carbonyl (C=O) groups is 3. The molecule has 3 aliphatic rings. The summed E-state index contributed by atoms with van der Waals surface area (Å²) in [5.74, 6) is -0.263. The summed E-state index contributed by atoms with van der Waals surface area (Å²) in [6, 6.07) is 14.8. The summed E-state index contributed by atoms with van der Waals surface area (Å²) in [7, 11) is 1.63. The number of methoxy groups -OCH3 is 1. The Bertz CT molecular complexity index is 1110. The summed E-state index contributed by atoms with van der Waals surface area (Å²) in [6.45, 7) is 0.676. The van der Waals surface area contributed by atoms with Crippen LogP contribution in [-0.2, 0) is 9.59 Å². The van der Waals surface area contributed by atoms with Gasteiger partial charge in [0.25, 0.3) is 5.91 Å². The smallest absolute Gasteiger partial charge is 0.254 e. The second-order valence-corrected chi connectivity index (χ2v) is 8.79. The predicted octanol–water partition coefficient (Wildman–Crippen LogP) is 3.63. The molecule has 2 heterocycles. The highest BCUT2D eigenvalue weighted by Crippen LogP contribution is 2.35. The summed E-state index contributed by atoms with van der Waals surface area (Å²) < 4.78 is 5.25. The normalized spacial score (nSPS) is 24.5. The Labute approximate surface area is 193 Å². The van der Waals surface area contributed by atoms with Crippen molar-refractivity contribution >= 4 is 23.4 Å². The third kappa shape index (κ3) is 3.88. The first-order valence-corrected chi connectivity index (χ1v) is 11.4. The Morgan fingerprint density at radius 2 is 1.79 bits per heavy atom. The Kier molecular flexibility index (Phi) is 5.62. The number of rotatable bonds is 4. The number of likely N-dealkylation sites (tertiary alicyclic amines) is 1. The molecule has 3 atom stereocenters. The van der Waals surface area contributed by atoms with Gasteiger partial charge in [-0.3, -0.25) is 19.8 Å². The first-order valence-electron chi connectivity index (χ1n) is 11.4. The van der Waals surface area contributed by atoms with E-state index in [4.69, 9.17) is 4.74 Å². The number of fused-ring (bicyclic) bond motifs is 1. The van der Waals surface area contributed by atoms with E-state index in [-0.39, 0.29) is 35.6 Å². The lowest BCUT2D eigenvalue weighted by atomic mass is 9.80. The van der Waals surface area contributed by atoms with Crippen molar-refractivity contribution in [1.82, 2.24) is 10.3 Å². The van der Waals surface area contributed by atoms with Gasteiger partial charge >= 0.3 is 0 Å². The monoisotopic (exact) mass is 445 g/mol. The Morgan fingerprint density at radius 1 is 1.03 bits per heavy atom. The van der Waals surface area contributed by atoms with E-state index < -0.39 is 0 Å². The van der Waals surface area contributed by atoms with Crippen molar-refractivity contribution < 1.29 is 19.1 Å². The second-order valence-electron chi connectivity index (χ2n) is 8.79. The molecule has 33 heavy (non-hydrogen) atoms. The van der Waals surface area contributed by atoms with Gasteiger partial charge < -0.3 is 9.64 Å². The average molecular weight is 446 g/mol. The number of benzene rings is 2. The maximum Gasteiger partial charge on any atom is 0.254 e. The minimum absolute atomic E-state index is 0.00170. The zero-order chi connectivity index (χ0) is 22.9. The molecule has 2 aliphatic heterocycles. The minimum Gasteiger partial charge on any atom is -0.497 e. The highest BCUT2D eigenvalue weighted by atomic mass is 16.5. The third-order valence-electron chi connectivity index (χ3n) is 6.89. The highest BCUT2D eigenvalue weighted by molar-refractivity contribution is 6.05. The number of hydrogen-bond acceptors (Lipinski definition) is 4. The van der Waals surface area contributed by atoms with Crippen LogP contribution in [-0.4, -0.2) is 36.3 Å². The van der Waals surface area contributed by atoms with Gasteiger partial charge in [0.1, 0.15) is 5.75 Å². The molecule has 0 radical (unpaired) electrons. The van der Waals surface area contributed by atoms with Crippen LogP contribution in [0.25, 0.3) is 0 Å². The molecule has 7 nitrogen and oxygen atoms in total. The van der Waals surface area contributed by atoms with Crippen LogP contribution in [0.5, 0.6) is 5.75 Å². The summed E-state index contributed by atoms with van der Waals surface area (Å²) >= 11 is 0. The Balaban J connectivity index is 1.38. The summed E-state index contributed by atoms with van der Waals surface area (Å²) in [5.41, 5.74) is 4.82. The average Bonchev–Trinajstić information content (AvgIpc) is 3.36. The lowest BCUT2D eigenvalue weighted by Crippen LogP contribution is -2.59. The predicted molar refractivity (Wildman–Crippen MR) is 123 cm³/mol. The van der Waals surface area contributed by atoms with Crippen LogP contribution in [0.3, 0.4) is 0 Å². The number of nitrogens with zero attached hydrogens (tertiary/aromatic N) is 2. The van der Waals surface area contributed by atoms with Crippen molar-refractivity contribution in [2.24, 2.45) is 11.8 Å². The van der Waals surface area contributed by atoms with Crippen molar-refractivity contribution in [3.63, 3.8) is 0 Å². The van der Waals surface area contributed by atoms with Crippen LogP contribution >= 0.6 is 0 Å². The van der Waals surface area contributed by atoms with Crippen LogP contribution < -0.4 is 15.2 Å². The standard InChI is InChI=1S/C26H27N3O4/c1-33-20-13-11-17(12-14-20)23-10-5-15-28(23)25(31)18-6-4-7-19(16-18)29-26(32)22-9-3-2-8-21(22)24(30)27-29/h2-4,6-7,11-14,16,21-23H,5,8-10,15H2,1H3,(H,27,30). The number of allylic oxidation sites excluding steroid dienone is 2. The van der Waals surface area contributed by atoms with Crippen molar-refractivity contribution in [2.75, 3.05) is 18.7 Å². The Morgan fingerprint density at radius 3 is 2.55 bits per heavy atom. The molecule has 2 saturated heterocycles. The van der Waals surface area contributed by atoms with Crippen LogP contribution in [0.2, 0.25) is 0 Å². The molecule has 5 rings (SSSR count). The highest BCUT2D eigenvalue weighted by Gasteiger charge is 2.42. The van der Waals surface area contributed by atoms with Crippen molar-refractivity contribution in [3.8, 4) is 5.75 Å². The SMILES string of the molecule is COc1ccc(C2CCCN2C(=O)c2cccc(N3NC(=O)C4CC=CCC4C3=O)c2)cc1. The topological polar surface area (TPSA) is 79.0 Å². The van der Waals surface area contributed by atoms with Gasteiger partial charge in [0.15, 0.2) is 0 Å². The van der Waals surface area contributed by atoms with Crippen molar-refractivity contribution in [1.29, 1.82) is 0 Å². The zero-order valence-electron chi connectivity index (χ0n) is 18.6. The van der Waals surface area contributed by atoms with Gasteiger partial charge in [0.2, 0.25) is 11.8 Å². The van der Waals surface area contributed by atoms with E-state index in [1.54, 1.807) is 31.4 Å². The number of ether oxygens (including phenoxy) is 1. The van der Waals surface area contributed by atoms with Gasteiger partial charge in [-0.15, -0.1) is 0 Å². The molecule has 0 bridgehead atoms. The summed E-state index contributed by atoms with van der Waals surface area (Å²) in [4.78, 5) is 41.1. The van der Waals surface area contributed by atoms with Gasteiger partial charge in [-0.1, -0.05) is 30.4 Å². The molecule has 2 fully saturated rings. The fourth-order valence-electron chi connectivity index (χ4n) is 5.11. The van der Waals surface area contributed by atoms with Crippen LogP contribution in [0.4, 0.5) is 5.69 Å². The molecule has 170 valence electrons. The maximum absolute atomic E-state index is 13.5. The van der Waals surface area contributed by atoms with Gasteiger partial charge in [0, 0.05) is 12.1 Å². The number of hydrogen-bond donors (Lipinski definition) is 1. The quantitative estimate of drug-likeness (QED) is 0.729. The lowest BCUT2D eigenvalue weighted by molar-refractivity contribution is -0.139. The van der Waals surface area contributed by atoms with E-state index in [0.29, 0.717) is 30.6 Å². The fourth-order valence-corrected chi connectivity index (χ4v) is 5.11. The summed E-state index contributed by atoms with van der Waals surface area (Å²) in [5, 5.41) is 1.31. The minimum atomic E-state index is -0.360. The number of amides is 3. The van der Waals surface area contributed by atoms with Crippen molar-refractivity contribution in [3.05, 3.63) is 71.8 Å². The molecule has 3 amide bonds. The molecule has 7 heteroatoms. The maximum atomic E-state index is 13.5. The van der Waals surface area contributed by atoms with Gasteiger partial charge in [-0.05, 0) is 61.6 Å². The molecule has 2 aromatic rings. The molecule has 3 unspecified atom stereocenters. The van der Waals surface area contributed by atoms with Gasteiger partial charge in [-0.2, -0.15) is 0 Å². The largest absolute Gasteiger partial charge is 0.497 e. The van der Waals surface area contributed by atoms with E-state index in [0.717, 1.165) is 24.2 Å². The molecule has 1 N–H and O–H groups in total. The molecular weight excluding hydrogens is 418 g/mol. The molecule has 2 aromatic carbocycles. The number of hydrazine groups is 1. The van der Waals surface area contributed by atoms with E-state index in [9.17, 15) is 14.4 Å². The molecule has 0 saturated carbocycles. The van der Waals surface area contributed by atoms with Crippen LogP contribution in [0, 0.1) is 11.8 Å². The number of carbonyl (C=O) groups excluding carboxylic acids is 3. The fraction of sp³-hybridized carbons (Fsp3) is 0.346. The van der Waals surface area contributed by atoms with Crippen LogP contribution in [0.1, 0.15) is 47.6 Å². The second kappa shape index (κ2) is 8.73. The first kappa shape index (κ1) is 21.2. The first-order chi connectivity index (χ1) is 16.1. The van der Waals surface area contributed by atoms with Gasteiger partial charge in [-0.25, -0.2) is 5.01 Å². The molecule has 1 aliphatic carbocycles. The van der Waals surface area contributed by atoms with E-state index >= 15 is 0 Å². The van der Waals surface area contributed by atoms with Crippen molar-refractivity contribution in [2.45, 2.75) is 31.7 Å². The molecule has 0 spiro atoms. The third-order valence-corrected chi connectivity index (χ3v) is 6.89. The van der Waals surface area contributed by atoms with E-state index in [1.165, 1.54) is 5.01 Å². The number of nitrogens with one attached hydrogen (secondary N) is 1.